The molecule has 1 aliphatic heterocycles. The number of nitro groups is 1. The zero-order valence-electron chi connectivity index (χ0n) is 10.8. The van der Waals surface area contributed by atoms with Crippen LogP contribution in [-0.2, 0) is 11.3 Å². The zero-order valence-corrected chi connectivity index (χ0v) is 12.4. The molecule has 1 aliphatic rings. The largest absolute Gasteiger partial charge is 0.377 e. The molecule has 0 aliphatic carbocycles. The molecule has 1 fully saturated rings. The third-order valence-corrected chi connectivity index (χ3v) is 4.15. The monoisotopic (exact) mass is 328 g/mol. The predicted molar refractivity (Wildman–Crippen MR) is 76.1 cm³/mol. The first-order chi connectivity index (χ1) is 9.08. The van der Waals surface area contributed by atoms with Crippen LogP contribution in [-0.4, -0.2) is 36.1 Å². The van der Waals surface area contributed by atoms with Crippen LogP contribution in [0.5, 0.6) is 0 Å². The molecule has 2 rings (SSSR count). The number of nitrogens with zero attached hydrogens (tertiary/aromatic N) is 2. The summed E-state index contributed by atoms with van der Waals surface area (Å²) in [5.41, 5.74) is 1.04. The molecule has 0 bridgehead atoms. The van der Waals surface area contributed by atoms with Gasteiger partial charge in [0, 0.05) is 25.8 Å². The molecule has 5 nitrogen and oxygen atoms in total. The first-order valence-corrected chi connectivity index (χ1v) is 7.09. The highest BCUT2D eigenvalue weighted by molar-refractivity contribution is 9.10. The first-order valence-electron chi connectivity index (χ1n) is 6.30. The summed E-state index contributed by atoms with van der Waals surface area (Å²) >= 11 is 3.32. The molecule has 0 aromatic heterocycles. The molecule has 1 aromatic carbocycles. The predicted octanol–water partition coefficient (Wildman–Crippen LogP) is 2.97. The number of hydrogen-bond donors (Lipinski definition) is 0. The number of rotatable bonds is 5. The summed E-state index contributed by atoms with van der Waals surface area (Å²) in [5, 5.41) is 10.9. The van der Waals surface area contributed by atoms with Gasteiger partial charge in [-0.25, -0.2) is 0 Å². The summed E-state index contributed by atoms with van der Waals surface area (Å²) in [6.07, 6.45) is 2.52. The van der Waals surface area contributed by atoms with E-state index in [1.165, 1.54) is 6.07 Å². The molecule has 1 saturated heterocycles. The highest BCUT2D eigenvalue weighted by atomic mass is 79.9. The average Bonchev–Trinajstić information content (AvgIpc) is 2.84. The van der Waals surface area contributed by atoms with E-state index in [0.29, 0.717) is 17.1 Å². The lowest BCUT2D eigenvalue weighted by Gasteiger charge is -2.21. The van der Waals surface area contributed by atoms with Gasteiger partial charge < -0.3 is 4.74 Å². The lowest BCUT2D eigenvalue weighted by Crippen LogP contribution is -2.28. The molecule has 1 aromatic rings. The molecule has 0 saturated carbocycles. The van der Waals surface area contributed by atoms with Gasteiger partial charge in [-0.05, 0) is 41.4 Å². The van der Waals surface area contributed by atoms with Gasteiger partial charge in [0.2, 0.25) is 0 Å². The van der Waals surface area contributed by atoms with E-state index in [1.54, 1.807) is 6.07 Å². The van der Waals surface area contributed by atoms with Crippen LogP contribution in [0.2, 0.25) is 0 Å². The molecule has 0 amide bonds. The molecule has 104 valence electrons. The Morgan fingerprint density at radius 2 is 2.37 bits per heavy atom. The molecule has 0 spiro atoms. The van der Waals surface area contributed by atoms with E-state index >= 15 is 0 Å². The number of halogens is 1. The maximum Gasteiger partial charge on any atom is 0.283 e. The van der Waals surface area contributed by atoms with Gasteiger partial charge in [-0.3, -0.25) is 15.0 Å². The van der Waals surface area contributed by atoms with Crippen LogP contribution >= 0.6 is 15.9 Å². The van der Waals surface area contributed by atoms with Crippen LogP contribution in [0.4, 0.5) is 5.69 Å². The van der Waals surface area contributed by atoms with Crippen LogP contribution < -0.4 is 0 Å². The van der Waals surface area contributed by atoms with Gasteiger partial charge in [0.1, 0.15) is 0 Å². The first kappa shape index (κ1) is 14.4. The van der Waals surface area contributed by atoms with Crippen molar-refractivity contribution < 1.29 is 9.66 Å². The van der Waals surface area contributed by atoms with E-state index in [-0.39, 0.29) is 10.6 Å². The number of ether oxygens (including phenoxy) is 1. The Balaban J connectivity index is 2.01. The normalized spacial score (nSPS) is 19.0. The van der Waals surface area contributed by atoms with Crippen molar-refractivity contribution in [3.8, 4) is 0 Å². The minimum Gasteiger partial charge on any atom is -0.377 e. The second kappa shape index (κ2) is 6.45. The molecule has 6 heteroatoms. The van der Waals surface area contributed by atoms with Gasteiger partial charge in [0.05, 0.1) is 15.5 Å². The zero-order chi connectivity index (χ0) is 13.8. The van der Waals surface area contributed by atoms with Gasteiger partial charge in [-0.1, -0.05) is 12.1 Å². The smallest absolute Gasteiger partial charge is 0.283 e. The van der Waals surface area contributed by atoms with Crippen LogP contribution in [0, 0.1) is 10.1 Å². The van der Waals surface area contributed by atoms with Crippen molar-refractivity contribution in [2.24, 2.45) is 0 Å². The van der Waals surface area contributed by atoms with Gasteiger partial charge in [-0.2, -0.15) is 0 Å². The number of nitro benzene ring substituents is 1. The van der Waals surface area contributed by atoms with Gasteiger partial charge in [0.25, 0.3) is 5.69 Å². The molecule has 1 unspecified atom stereocenters. The summed E-state index contributed by atoms with van der Waals surface area (Å²) in [6.45, 7) is 2.37. The molecule has 1 heterocycles. The molecule has 1 atom stereocenters. The Morgan fingerprint density at radius 3 is 3.00 bits per heavy atom. The maximum atomic E-state index is 10.9. The summed E-state index contributed by atoms with van der Waals surface area (Å²) in [5.74, 6) is 0. The summed E-state index contributed by atoms with van der Waals surface area (Å²) in [7, 11) is 2.01. The van der Waals surface area contributed by atoms with Crippen LogP contribution in [0.1, 0.15) is 18.4 Å². The highest BCUT2D eigenvalue weighted by Crippen LogP contribution is 2.29. The minimum absolute atomic E-state index is 0.114. The fraction of sp³-hybridized carbons (Fsp3) is 0.538. The Labute approximate surface area is 120 Å². The van der Waals surface area contributed by atoms with Crippen molar-refractivity contribution in [2.75, 3.05) is 20.2 Å². The maximum absolute atomic E-state index is 10.9. The lowest BCUT2D eigenvalue weighted by molar-refractivity contribution is -0.385. The van der Waals surface area contributed by atoms with Crippen molar-refractivity contribution in [1.29, 1.82) is 0 Å². The van der Waals surface area contributed by atoms with E-state index < -0.39 is 0 Å². The SMILES string of the molecule is CN(Cc1cccc([N+](=O)[O-])c1Br)CC1CCCO1. The van der Waals surface area contributed by atoms with Crippen molar-refractivity contribution in [3.05, 3.63) is 38.3 Å². The van der Waals surface area contributed by atoms with E-state index in [9.17, 15) is 10.1 Å². The molecular weight excluding hydrogens is 312 g/mol. The fourth-order valence-electron chi connectivity index (χ4n) is 2.32. The Hall–Kier alpha value is -0.980. The van der Waals surface area contributed by atoms with Crippen molar-refractivity contribution >= 4 is 21.6 Å². The number of hydrogen-bond acceptors (Lipinski definition) is 4. The van der Waals surface area contributed by atoms with Gasteiger partial charge in [-0.15, -0.1) is 0 Å². The summed E-state index contributed by atoms with van der Waals surface area (Å²) < 4.78 is 6.16. The van der Waals surface area contributed by atoms with Gasteiger partial charge in [0.15, 0.2) is 0 Å². The number of likely N-dealkylation sites (N-methyl/N-ethyl adjacent to an activating group) is 1. The van der Waals surface area contributed by atoms with Crippen LogP contribution in [0.15, 0.2) is 22.7 Å². The average molecular weight is 329 g/mol. The van der Waals surface area contributed by atoms with Crippen molar-refractivity contribution in [3.63, 3.8) is 0 Å². The molecule has 0 radical (unpaired) electrons. The van der Waals surface area contributed by atoms with Crippen molar-refractivity contribution in [1.82, 2.24) is 4.90 Å². The van der Waals surface area contributed by atoms with E-state index in [1.807, 2.05) is 13.1 Å². The van der Waals surface area contributed by atoms with Crippen LogP contribution in [0.25, 0.3) is 0 Å². The molecule has 19 heavy (non-hydrogen) atoms. The standard InChI is InChI=1S/C13H17BrN2O3/c1-15(9-11-5-3-7-19-11)8-10-4-2-6-12(13(10)14)16(17)18/h2,4,6,11H,3,5,7-9H2,1H3. The second-order valence-corrected chi connectivity index (χ2v) is 5.63. The highest BCUT2D eigenvalue weighted by Gasteiger charge is 2.19. The third-order valence-electron chi connectivity index (χ3n) is 3.23. The molecular formula is C13H17BrN2O3. The second-order valence-electron chi connectivity index (χ2n) is 4.84. The topological polar surface area (TPSA) is 55.6 Å². The van der Waals surface area contributed by atoms with Gasteiger partial charge >= 0.3 is 0 Å². The summed E-state index contributed by atoms with van der Waals surface area (Å²) in [4.78, 5) is 12.7. The summed E-state index contributed by atoms with van der Waals surface area (Å²) in [6, 6.07) is 5.13. The third kappa shape index (κ3) is 3.75. The van der Waals surface area contributed by atoms with Crippen LogP contribution in [0.3, 0.4) is 0 Å². The fourth-order valence-corrected chi connectivity index (χ4v) is 2.86. The Kier molecular flexibility index (Phi) is 4.90. The lowest BCUT2D eigenvalue weighted by atomic mass is 10.1. The molecule has 0 N–H and O–H groups in total. The van der Waals surface area contributed by atoms with E-state index in [4.69, 9.17) is 4.74 Å². The number of benzene rings is 1. The van der Waals surface area contributed by atoms with Crippen molar-refractivity contribution in [2.45, 2.75) is 25.5 Å². The Morgan fingerprint density at radius 1 is 1.58 bits per heavy atom. The minimum atomic E-state index is -0.367. The van der Waals surface area contributed by atoms with E-state index in [0.717, 1.165) is 31.6 Å². The quantitative estimate of drug-likeness (QED) is 0.616. The Bertz CT molecular complexity index is 461. The van der Waals surface area contributed by atoms with E-state index in [2.05, 4.69) is 20.8 Å².